The van der Waals surface area contributed by atoms with E-state index in [1.54, 1.807) is 13.8 Å². The highest BCUT2D eigenvalue weighted by Gasteiger charge is 2.10. The number of hydrogen-bond donors (Lipinski definition) is 3. The first-order valence-electron chi connectivity index (χ1n) is 9.34. The van der Waals surface area contributed by atoms with Crippen molar-refractivity contribution in [3.05, 3.63) is 0 Å². The number of ether oxygens (including phenoxy) is 2. The Labute approximate surface area is 151 Å². The molecule has 0 saturated heterocycles. The minimum absolute atomic E-state index is 0.00533. The van der Waals surface area contributed by atoms with Gasteiger partial charge in [0.2, 0.25) is 11.8 Å². The van der Waals surface area contributed by atoms with Crippen molar-refractivity contribution < 1.29 is 25.3 Å². The predicted molar refractivity (Wildman–Crippen MR) is 94.5 cm³/mol. The molecule has 8 nitrogen and oxygen atoms in total. The van der Waals surface area contributed by atoms with E-state index in [9.17, 15) is 14.4 Å². The molecule has 0 spiro atoms. The van der Waals surface area contributed by atoms with Crippen molar-refractivity contribution in [1.82, 2.24) is 10.7 Å². The summed E-state index contributed by atoms with van der Waals surface area (Å²) in [5.74, 6) is 4.45. The zero-order valence-corrected chi connectivity index (χ0v) is 15.4. The van der Waals surface area contributed by atoms with Gasteiger partial charge in [0.25, 0.3) is 0 Å². The second kappa shape index (κ2) is 16.0. The molecule has 0 unspecified atom stereocenters. The number of carbonyl (C=O) groups is 3. The molecule has 0 saturated carbocycles. The van der Waals surface area contributed by atoms with Crippen molar-refractivity contribution >= 4 is 17.6 Å². The van der Waals surface area contributed by atoms with Crippen LogP contribution in [0.25, 0.3) is 0 Å². The molecule has 0 aromatic heterocycles. The SMILES string of the molecule is [3H]N(N)C(=O)[C@@H](C)CCCCCC(=O)COCCOCCNC(=O)CC. The van der Waals surface area contributed by atoms with Gasteiger partial charge in [-0.25, -0.2) is 5.84 Å². The number of unbranched alkanes of at least 4 members (excludes halogenated alkanes) is 2. The molecular weight excluding hydrogens is 326 g/mol. The van der Waals surface area contributed by atoms with Gasteiger partial charge in [-0.2, -0.15) is 0 Å². The van der Waals surface area contributed by atoms with Crippen LogP contribution in [0.15, 0.2) is 0 Å². The van der Waals surface area contributed by atoms with Gasteiger partial charge in [0.15, 0.2) is 7.20 Å². The number of amides is 2. The lowest BCUT2D eigenvalue weighted by Crippen LogP contribution is -2.34. The molecule has 0 radical (unpaired) electrons. The highest BCUT2D eigenvalue weighted by Crippen LogP contribution is 2.10. The third kappa shape index (κ3) is 14.5. The van der Waals surface area contributed by atoms with Crippen LogP contribution >= 0.6 is 0 Å². The summed E-state index contributed by atoms with van der Waals surface area (Å²) < 4.78 is 17.5. The van der Waals surface area contributed by atoms with Crippen LogP contribution in [0.4, 0.5) is 0 Å². The fraction of sp³-hybridized carbons (Fsp3) is 0.824. The van der Waals surface area contributed by atoms with Crippen LogP contribution in [0.1, 0.15) is 52.4 Å². The van der Waals surface area contributed by atoms with Gasteiger partial charge in [0.05, 0.1) is 19.8 Å². The highest BCUT2D eigenvalue weighted by atomic mass is 16.5. The van der Waals surface area contributed by atoms with Crippen molar-refractivity contribution in [2.45, 2.75) is 52.4 Å². The van der Waals surface area contributed by atoms with Gasteiger partial charge in [-0.3, -0.25) is 19.8 Å². The predicted octanol–water partition coefficient (Wildman–Crippen LogP) is 0.691. The quantitative estimate of drug-likeness (QED) is 0.161. The Kier molecular flexibility index (Phi) is 13.8. The average molecular weight is 361 g/mol. The molecule has 2 amide bonds. The van der Waals surface area contributed by atoms with Crippen molar-refractivity contribution in [1.29, 1.82) is 0 Å². The molecule has 4 N–H and O–H groups in total. The fourth-order valence-electron chi connectivity index (χ4n) is 2.07. The number of rotatable bonds is 16. The highest BCUT2D eigenvalue weighted by molar-refractivity contribution is 5.79. The van der Waals surface area contributed by atoms with E-state index in [4.69, 9.17) is 16.7 Å². The smallest absolute Gasteiger partial charge is 0.236 e. The molecule has 0 aliphatic carbocycles. The third-order valence-corrected chi connectivity index (χ3v) is 3.67. The lowest BCUT2D eigenvalue weighted by Gasteiger charge is -2.09. The van der Waals surface area contributed by atoms with Gasteiger partial charge in [-0.15, -0.1) is 0 Å². The van der Waals surface area contributed by atoms with E-state index in [0.29, 0.717) is 51.0 Å². The minimum Gasteiger partial charge on any atom is -0.377 e. The monoisotopic (exact) mass is 361 g/mol. The van der Waals surface area contributed by atoms with E-state index in [1.807, 2.05) is 0 Å². The average Bonchev–Trinajstić information content (AvgIpc) is 2.62. The van der Waals surface area contributed by atoms with Crippen LogP contribution in [0.5, 0.6) is 0 Å². The van der Waals surface area contributed by atoms with E-state index in [-0.39, 0.29) is 24.2 Å². The number of hydrogen-bond acceptors (Lipinski definition) is 6. The van der Waals surface area contributed by atoms with Crippen LogP contribution in [0.3, 0.4) is 0 Å². The maximum Gasteiger partial charge on any atom is 0.236 e. The van der Waals surface area contributed by atoms with Crippen molar-refractivity contribution in [3.8, 4) is 0 Å². The number of nitrogens with two attached hydrogens (primary N) is 1. The molecule has 25 heavy (non-hydrogen) atoms. The first-order chi connectivity index (χ1) is 12.4. The number of carbonyl (C=O) groups excluding carboxylic acids is 3. The normalized spacial score (nSPS) is 12.4. The van der Waals surface area contributed by atoms with Gasteiger partial charge in [0.1, 0.15) is 6.61 Å². The second-order valence-electron chi connectivity index (χ2n) is 5.87. The van der Waals surface area contributed by atoms with E-state index >= 15 is 0 Å². The Hall–Kier alpha value is -1.51. The molecule has 0 aliphatic rings. The van der Waals surface area contributed by atoms with Crippen LogP contribution < -0.4 is 16.6 Å². The number of Topliss-reactive ketones (excluding diaryl/α,β-unsaturated/α-hetero) is 1. The van der Waals surface area contributed by atoms with Crippen LogP contribution in [-0.2, 0) is 23.9 Å². The zero-order valence-electron chi connectivity index (χ0n) is 16.4. The summed E-state index contributed by atoms with van der Waals surface area (Å²) in [6, 6.07) is 0. The Morgan fingerprint density at radius 1 is 1.12 bits per heavy atom. The molecule has 146 valence electrons. The first-order valence-corrected chi connectivity index (χ1v) is 8.89. The van der Waals surface area contributed by atoms with Gasteiger partial charge < -0.3 is 14.8 Å². The second-order valence-corrected chi connectivity index (χ2v) is 5.87. The summed E-state index contributed by atoms with van der Waals surface area (Å²) in [6.45, 7) is 5.23. The molecular formula is C17H33N3O5. The topological polar surface area (TPSA) is 120 Å². The Balaban J connectivity index is 3.42. The van der Waals surface area contributed by atoms with Gasteiger partial charge in [0, 0.05) is 25.3 Å². The standard InChI is InChI=1S/C17H33N3O5/c1-3-16(22)19-9-10-24-11-12-25-13-15(21)8-6-4-5-7-14(2)17(23)20-18/h14H,3-13,18H2,1-2H3,(H,19,22)(H,20,23)/t14-/m0/s1/i/hT. The molecule has 0 aromatic carbocycles. The van der Waals surface area contributed by atoms with E-state index in [2.05, 4.69) is 5.32 Å². The molecule has 1 atom stereocenters. The van der Waals surface area contributed by atoms with Crippen molar-refractivity contribution in [2.24, 2.45) is 11.8 Å². The maximum atomic E-state index is 11.7. The summed E-state index contributed by atoms with van der Waals surface area (Å²) in [7, 11) is 0. The lowest BCUT2D eigenvalue weighted by atomic mass is 10.0. The van der Waals surface area contributed by atoms with Crippen LogP contribution in [-0.4, -0.2) is 50.6 Å². The Morgan fingerprint density at radius 3 is 2.52 bits per heavy atom. The third-order valence-electron chi connectivity index (χ3n) is 3.67. The number of hydrazine groups is 1. The molecule has 0 aliphatic heterocycles. The zero-order chi connectivity index (χ0) is 19.8. The Bertz CT molecular complexity index is 421. The largest absolute Gasteiger partial charge is 0.377 e. The van der Waals surface area contributed by atoms with Crippen molar-refractivity contribution in [2.75, 3.05) is 33.0 Å². The van der Waals surface area contributed by atoms with E-state index in [0.717, 1.165) is 19.3 Å². The van der Waals surface area contributed by atoms with E-state index < -0.39 is 5.91 Å². The van der Waals surface area contributed by atoms with Crippen LogP contribution in [0, 0.1) is 5.92 Å². The minimum atomic E-state index is -0.399. The first kappa shape index (κ1) is 21.5. The summed E-state index contributed by atoms with van der Waals surface area (Å²) in [5.41, 5.74) is 0.372. The van der Waals surface area contributed by atoms with Gasteiger partial charge in [-0.1, -0.05) is 26.7 Å². The molecule has 0 fully saturated rings. The molecule has 0 rings (SSSR count). The molecule has 0 aromatic rings. The fourth-order valence-corrected chi connectivity index (χ4v) is 2.07. The lowest BCUT2D eigenvalue weighted by molar-refractivity contribution is -0.125. The van der Waals surface area contributed by atoms with Crippen LogP contribution in [0.2, 0.25) is 1.41 Å². The summed E-state index contributed by atoms with van der Waals surface area (Å²) in [5, 5.41) is 2.70. The summed E-state index contributed by atoms with van der Waals surface area (Å²) in [4.78, 5) is 34.0. The summed E-state index contributed by atoms with van der Waals surface area (Å²) >= 11 is 0. The molecule has 8 heteroatoms. The van der Waals surface area contributed by atoms with E-state index in [1.165, 1.54) is 0 Å². The molecule has 0 heterocycles. The van der Waals surface area contributed by atoms with Gasteiger partial charge >= 0.3 is 0 Å². The number of ketones is 1. The summed E-state index contributed by atoms with van der Waals surface area (Å²) in [6.07, 6.45) is 3.99. The maximum absolute atomic E-state index is 11.7. The number of nitrogens with one attached hydrogen (secondary N) is 2. The van der Waals surface area contributed by atoms with Gasteiger partial charge in [-0.05, 0) is 12.8 Å². The molecule has 0 bridgehead atoms. The van der Waals surface area contributed by atoms with Crippen molar-refractivity contribution in [3.63, 3.8) is 0 Å². The Morgan fingerprint density at radius 2 is 1.84 bits per heavy atom.